The van der Waals surface area contributed by atoms with E-state index in [1.54, 1.807) is 29.4 Å². The minimum Gasteiger partial charge on any atom is -0.341 e. The number of hydrogen-bond acceptors (Lipinski definition) is 5. The molecular formula is C35H50Cl2N6O3. The van der Waals surface area contributed by atoms with E-state index in [0.717, 1.165) is 37.7 Å². The van der Waals surface area contributed by atoms with Crippen LogP contribution in [0.15, 0.2) is 48.8 Å². The lowest BCUT2D eigenvalue weighted by Crippen LogP contribution is -2.60. The Morgan fingerprint density at radius 3 is 2.15 bits per heavy atom. The van der Waals surface area contributed by atoms with Crippen LogP contribution in [-0.4, -0.2) is 107 Å². The van der Waals surface area contributed by atoms with Gasteiger partial charge in [-0.15, -0.1) is 12.4 Å². The molecule has 0 unspecified atom stereocenters. The van der Waals surface area contributed by atoms with E-state index in [1.807, 2.05) is 48.2 Å². The van der Waals surface area contributed by atoms with Gasteiger partial charge in [0.1, 0.15) is 0 Å². The van der Waals surface area contributed by atoms with Crippen LogP contribution in [-0.2, 0) is 11.2 Å². The van der Waals surface area contributed by atoms with Crippen molar-refractivity contribution in [2.75, 3.05) is 40.3 Å². The molecule has 46 heavy (non-hydrogen) atoms. The maximum absolute atomic E-state index is 14.2. The standard InChI is InChI=1S/C35H49ClN6O3.ClH/c1-25-24-41(22-17-32(25)42(35(45)39(2)3)30-7-5-4-6-8-30)34(44)31(23-26-9-11-28(36)12-10-26)38-29-15-20-40(21-16-29)33(43)27-13-18-37-19-14-27;/h9-14,18-19,25,29-32,38H,4-8,15-17,20-24H2,1-3H3;1H/t25-,31+,32-;/m0./s1. The predicted molar refractivity (Wildman–Crippen MR) is 184 cm³/mol. The highest BCUT2D eigenvalue weighted by Gasteiger charge is 2.40. The average molecular weight is 674 g/mol. The third-order valence-electron chi connectivity index (χ3n) is 9.90. The minimum atomic E-state index is -0.389. The molecule has 1 aromatic carbocycles. The topological polar surface area (TPSA) is 89.1 Å². The normalized spacial score (nSPS) is 21.7. The number of halogens is 2. The molecule has 4 amide bonds. The number of amides is 4. The van der Waals surface area contributed by atoms with Crippen LogP contribution in [0, 0.1) is 5.92 Å². The number of urea groups is 1. The fourth-order valence-electron chi connectivity index (χ4n) is 7.41. The van der Waals surface area contributed by atoms with Crippen LogP contribution in [0.3, 0.4) is 0 Å². The Kier molecular flexibility index (Phi) is 13.1. The lowest BCUT2D eigenvalue weighted by Gasteiger charge is -2.48. The van der Waals surface area contributed by atoms with Crippen molar-refractivity contribution in [3.05, 3.63) is 64.9 Å². The van der Waals surface area contributed by atoms with Crippen molar-refractivity contribution in [2.24, 2.45) is 5.92 Å². The van der Waals surface area contributed by atoms with Crippen molar-refractivity contribution >= 4 is 41.9 Å². The minimum absolute atomic E-state index is 0. The van der Waals surface area contributed by atoms with Crippen LogP contribution in [0.5, 0.6) is 0 Å². The quantitative estimate of drug-likeness (QED) is 0.399. The Hall–Kier alpha value is -2.88. The smallest absolute Gasteiger partial charge is 0.319 e. The lowest BCUT2D eigenvalue weighted by molar-refractivity contribution is -0.136. The largest absolute Gasteiger partial charge is 0.341 e. The zero-order valence-corrected chi connectivity index (χ0v) is 29.0. The summed E-state index contributed by atoms with van der Waals surface area (Å²) in [6.07, 6.45) is 11.9. The van der Waals surface area contributed by atoms with Crippen LogP contribution in [0.25, 0.3) is 0 Å². The second kappa shape index (κ2) is 16.8. The number of piperidine rings is 2. The molecule has 11 heteroatoms. The summed E-state index contributed by atoms with van der Waals surface area (Å²) in [4.78, 5) is 52.4. The van der Waals surface area contributed by atoms with Crippen molar-refractivity contribution in [2.45, 2.75) is 88.9 Å². The van der Waals surface area contributed by atoms with Gasteiger partial charge >= 0.3 is 6.03 Å². The summed E-state index contributed by atoms with van der Waals surface area (Å²) in [7, 11) is 3.68. The van der Waals surface area contributed by atoms with Gasteiger partial charge in [-0.05, 0) is 74.3 Å². The van der Waals surface area contributed by atoms with E-state index < -0.39 is 0 Å². The molecule has 2 aliphatic heterocycles. The molecule has 0 radical (unpaired) electrons. The molecule has 3 aliphatic rings. The van der Waals surface area contributed by atoms with Gasteiger partial charge in [0.05, 0.1) is 6.04 Å². The first-order valence-corrected chi connectivity index (χ1v) is 17.1. The molecule has 1 saturated carbocycles. The highest BCUT2D eigenvalue weighted by atomic mass is 35.5. The summed E-state index contributed by atoms with van der Waals surface area (Å²) in [5.41, 5.74) is 1.71. The van der Waals surface area contributed by atoms with E-state index in [0.29, 0.717) is 43.2 Å². The molecule has 1 N–H and O–H groups in total. The van der Waals surface area contributed by atoms with Crippen LogP contribution in [0.2, 0.25) is 5.02 Å². The third kappa shape index (κ3) is 8.92. The molecule has 3 heterocycles. The number of carbonyl (C=O) groups excluding carboxylic acids is 3. The number of likely N-dealkylation sites (tertiary alicyclic amines) is 2. The maximum Gasteiger partial charge on any atom is 0.319 e. The molecule has 9 nitrogen and oxygen atoms in total. The van der Waals surface area contributed by atoms with Crippen LogP contribution >= 0.6 is 24.0 Å². The van der Waals surface area contributed by atoms with Crippen molar-refractivity contribution < 1.29 is 14.4 Å². The van der Waals surface area contributed by atoms with E-state index in [2.05, 4.69) is 22.1 Å². The van der Waals surface area contributed by atoms with Gasteiger partial charge in [-0.3, -0.25) is 14.6 Å². The van der Waals surface area contributed by atoms with Gasteiger partial charge in [-0.25, -0.2) is 4.79 Å². The molecule has 1 aliphatic carbocycles. The zero-order valence-electron chi connectivity index (χ0n) is 27.4. The van der Waals surface area contributed by atoms with Crippen molar-refractivity contribution in [1.29, 1.82) is 0 Å². The number of hydrogen-bond donors (Lipinski definition) is 1. The Labute approximate surface area is 285 Å². The predicted octanol–water partition coefficient (Wildman–Crippen LogP) is 5.52. The summed E-state index contributed by atoms with van der Waals surface area (Å²) in [5, 5.41) is 4.38. The number of carbonyl (C=O) groups is 3. The monoisotopic (exact) mass is 672 g/mol. The second-order valence-corrected chi connectivity index (χ2v) is 13.8. The van der Waals surface area contributed by atoms with E-state index >= 15 is 0 Å². The highest BCUT2D eigenvalue weighted by Crippen LogP contribution is 2.31. The molecule has 5 rings (SSSR count). The molecule has 3 atom stereocenters. The summed E-state index contributed by atoms with van der Waals surface area (Å²) >= 11 is 6.17. The Balaban J connectivity index is 0.00000480. The van der Waals surface area contributed by atoms with Crippen molar-refractivity contribution in [3.63, 3.8) is 0 Å². The summed E-state index contributed by atoms with van der Waals surface area (Å²) in [5.74, 6) is 0.303. The molecule has 2 aromatic rings. The number of pyridine rings is 1. The molecule has 0 bridgehead atoms. The van der Waals surface area contributed by atoms with Gasteiger partial charge in [0.15, 0.2) is 0 Å². The number of aromatic nitrogens is 1. The lowest BCUT2D eigenvalue weighted by atomic mass is 9.87. The molecular weight excluding hydrogens is 623 g/mol. The molecule has 2 saturated heterocycles. The van der Waals surface area contributed by atoms with Gasteiger partial charge < -0.3 is 24.9 Å². The number of nitrogens with zero attached hydrogens (tertiary/aromatic N) is 5. The van der Waals surface area contributed by atoms with Crippen LogP contribution in [0.1, 0.15) is 74.2 Å². The van der Waals surface area contributed by atoms with E-state index in [1.165, 1.54) is 19.3 Å². The number of nitrogens with one attached hydrogen (secondary N) is 1. The highest BCUT2D eigenvalue weighted by molar-refractivity contribution is 6.30. The summed E-state index contributed by atoms with van der Waals surface area (Å²) in [6, 6.07) is 11.5. The Bertz CT molecular complexity index is 1280. The average Bonchev–Trinajstić information content (AvgIpc) is 3.06. The van der Waals surface area contributed by atoms with Crippen molar-refractivity contribution in [1.82, 2.24) is 29.9 Å². The van der Waals surface area contributed by atoms with Gasteiger partial charge in [0.25, 0.3) is 5.91 Å². The van der Waals surface area contributed by atoms with Gasteiger partial charge in [0, 0.05) is 81.4 Å². The van der Waals surface area contributed by atoms with E-state index in [-0.39, 0.29) is 60.3 Å². The summed E-state index contributed by atoms with van der Waals surface area (Å²) in [6.45, 7) is 4.74. The first-order valence-electron chi connectivity index (χ1n) is 16.7. The number of benzene rings is 1. The second-order valence-electron chi connectivity index (χ2n) is 13.3. The summed E-state index contributed by atoms with van der Waals surface area (Å²) < 4.78 is 0. The molecule has 1 aromatic heterocycles. The van der Waals surface area contributed by atoms with Gasteiger partial charge in [-0.2, -0.15) is 0 Å². The SMILES string of the molecule is C[C@H]1CN(C(=O)[C@@H](Cc2ccc(Cl)cc2)NC2CCN(C(=O)c3ccncc3)CC2)CC[C@@H]1N(C(=O)N(C)C)C1CCCCC1.Cl. The third-order valence-corrected chi connectivity index (χ3v) is 10.1. The Morgan fingerprint density at radius 2 is 1.54 bits per heavy atom. The van der Waals surface area contributed by atoms with Crippen LogP contribution < -0.4 is 5.32 Å². The molecule has 252 valence electrons. The van der Waals surface area contributed by atoms with Gasteiger partial charge in [0.2, 0.25) is 5.91 Å². The fourth-order valence-corrected chi connectivity index (χ4v) is 7.54. The maximum atomic E-state index is 14.2. The van der Waals surface area contributed by atoms with Crippen LogP contribution in [0.4, 0.5) is 4.79 Å². The van der Waals surface area contributed by atoms with E-state index in [4.69, 9.17) is 11.6 Å². The first kappa shape index (κ1) is 36.0. The zero-order chi connectivity index (χ0) is 31.9. The van der Waals surface area contributed by atoms with Gasteiger partial charge in [-0.1, -0.05) is 49.9 Å². The number of rotatable bonds is 8. The Morgan fingerprint density at radius 1 is 0.913 bits per heavy atom. The first-order chi connectivity index (χ1) is 21.7. The van der Waals surface area contributed by atoms with Crippen molar-refractivity contribution in [3.8, 4) is 0 Å². The molecule has 0 spiro atoms. The fraction of sp³-hybridized carbons (Fsp3) is 0.600. The molecule has 3 fully saturated rings. The van der Waals surface area contributed by atoms with E-state index in [9.17, 15) is 14.4 Å².